The van der Waals surface area contributed by atoms with Crippen molar-refractivity contribution in [3.8, 4) is 23.0 Å². The number of aromatic hydroxyl groups is 1. The number of fused-ring (bicyclic) bond motifs is 1. The number of furan rings is 1. The molecule has 1 aliphatic carbocycles. The maximum atomic E-state index is 11.9. The predicted molar refractivity (Wildman–Crippen MR) is 113 cm³/mol. The van der Waals surface area contributed by atoms with Crippen LogP contribution in [-0.4, -0.2) is 11.7 Å². The summed E-state index contributed by atoms with van der Waals surface area (Å²) in [6.07, 6.45) is 9.18. The van der Waals surface area contributed by atoms with Gasteiger partial charge in [0.25, 0.3) is 0 Å². The molecule has 1 aliphatic rings. The molecule has 0 aliphatic heterocycles. The van der Waals surface area contributed by atoms with Crippen LogP contribution in [-0.2, 0) is 0 Å². The third-order valence-corrected chi connectivity index (χ3v) is 6.02. The first-order valence-corrected chi connectivity index (χ1v) is 10.5. The maximum Gasteiger partial charge on any atom is 0.343 e. The van der Waals surface area contributed by atoms with Gasteiger partial charge in [-0.1, -0.05) is 32.1 Å². The van der Waals surface area contributed by atoms with E-state index in [1.54, 1.807) is 6.92 Å². The summed E-state index contributed by atoms with van der Waals surface area (Å²) in [7, 11) is 0. The van der Waals surface area contributed by atoms with Crippen molar-refractivity contribution in [1.82, 2.24) is 0 Å². The van der Waals surface area contributed by atoms with E-state index in [4.69, 9.17) is 13.6 Å². The Labute approximate surface area is 170 Å². The van der Waals surface area contributed by atoms with Crippen LogP contribution < -0.4 is 10.4 Å². The van der Waals surface area contributed by atoms with Crippen LogP contribution >= 0.6 is 0 Å². The molecule has 5 nitrogen and oxygen atoms in total. The summed E-state index contributed by atoms with van der Waals surface area (Å²) < 4.78 is 17.2. The number of benzene rings is 1. The minimum Gasteiger partial charge on any atom is -0.507 e. The Morgan fingerprint density at radius 1 is 1.07 bits per heavy atom. The smallest absolute Gasteiger partial charge is 0.343 e. The lowest BCUT2D eigenvalue weighted by Gasteiger charge is -2.21. The molecule has 154 valence electrons. The van der Waals surface area contributed by atoms with Crippen LogP contribution in [0.2, 0.25) is 0 Å². The van der Waals surface area contributed by atoms with Gasteiger partial charge >= 0.3 is 5.63 Å². The molecule has 4 rings (SSSR count). The highest BCUT2D eigenvalue weighted by atomic mass is 16.5. The monoisotopic (exact) mass is 396 g/mol. The van der Waals surface area contributed by atoms with Gasteiger partial charge in [-0.05, 0) is 50.8 Å². The first-order chi connectivity index (χ1) is 14.0. The van der Waals surface area contributed by atoms with E-state index in [1.807, 2.05) is 24.3 Å². The molecule has 1 aromatic carbocycles. The molecule has 1 N–H and O–H groups in total. The standard InChI is InChI=1S/C24H28O5/c1-15-22(25)16(2)24(26)29-23(15)21-13-18-10-11-19(14-20(18)28-21)27-12-6-9-17-7-4-3-5-8-17/h10-11,13-14,17,25H,3-9,12H2,1-2H3. The van der Waals surface area contributed by atoms with Crippen molar-refractivity contribution in [2.75, 3.05) is 6.61 Å². The highest BCUT2D eigenvalue weighted by Crippen LogP contribution is 2.34. The molecule has 1 fully saturated rings. The van der Waals surface area contributed by atoms with Crippen molar-refractivity contribution < 1.29 is 18.7 Å². The average molecular weight is 396 g/mol. The molecule has 3 aromatic rings. The number of ether oxygens (including phenoxy) is 1. The molecule has 0 unspecified atom stereocenters. The summed E-state index contributed by atoms with van der Waals surface area (Å²) in [6.45, 7) is 3.94. The summed E-state index contributed by atoms with van der Waals surface area (Å²) in [6, 6.07) is 7.53. The van der Waals surface area contributed by atoms with Crippen molar-refractivity contribution in [3.63, 3.8) is 0 Å². The Hall–Kier alpha value is -2.69. The van der Waals surface area contributed by atoms with Crippen LogP contribution in [0.5, 0.6) is 11.5 Å². The summed E-state index contributed by atoms with van der Waals surface area (Å²) in [5.41, 5.74) is 0.782. The molecule has 0 saturated heterocycles. The van der Waals surface area contributed by atoms with Crippen molar-refractivity contribution in [2.24, 2.45) is 5.92 Å². The van der Waals surface area contributed by atoms with Crippen LogP contribution in [0.25, 0.3) is 22.5 Å². The van der Waals surface area contributed by atoms with E-state index < -0.39 is 5.63 Å². The van der Waals surface area contributed by atoms with Crippen LogP contribution in [0.1, 0.15) is 56.1 Å². The van der Waals surface area contributed by atoms with Crippen LogP contribution in [0.3, 0.4) is 0 Å². The third-order valence-electron chi connectivity index (χ3n) is 6.02. The molecular weight excluding hydrogens is 368 g/mol. The van der Waals surface area contributed by atoms with Gasteiger partial charge in [0.05, 0.1) is 12.2 Å². The number of hydrogen-bond donors (Lipinski definition) is 1. The topological polar surface area (TPSA) is 72.8 Å². The van der Waals surface area contributed by atoms with Gasteiger partial charge in [0.15, 0.2) is 11.5 Å². The molecule has 5 heteroatoms. The lowest BCUT2D eigenvalue weighted by atomic mass is 9.86. The van der Waals surface area contributed by atoms with Gasteiger partial charge < -0.3 is 18.7 Å². The van der Waals surface area contributed by atoms with Gasteiger partial charge in [-0.15, -0.1) is 0 Å². The van der Waals surface area contributed by atoms with Crippen molar-refractivity contribution in [2.45, 2.75) is 58.8 Å². The van der Waals surface area contributed by atoms with E-state index in [9.17, 15) is 9.90 Å². The normalized spacial score (nSPS) is 15.1. The summed E-state index contributed by atoms with van der Waals surface area (Å²) in [5, 5.41) is 11.0. The number of rotatable bonds is 6. The van der Waals surface area contributed by atoms with Crippen LogP contribution in [0.4, 0.5) is 0 Å². The molecule has 2 heterocycles. The molecular formula is C24H28O5. The molecule has 0 bridgehead atoms. The Balaban J connectivity index is 1.46. The maximum absolute atomic E-state index is 11.9. The first-order valence-electron chi connectivity index (χ1n) is 10.5. The van der Waals surface area contributed by atoms with Gasteiger partial charge in [0.2, 0.25) is 0 Å². The number of hydrogen-bond acceptors (Lipinski definition) is 5. The average Bonchev–Trinajstić information content (AvgIpc) is 3.16. The zero-order valence-electron chi connectivity index (χ0n) is 17.1. The van der Waals surface area contributed by atoms with E-state index in [0.717, 1.165) is 23.5 Å². The second-order valence-electron chi connectivity index (χ2n) is 8.12. The lowest BCUT2D eigenvalue weighted by Crippen LogP contribution is -2.08. The SMILES string of the molecule is Cc1c(-c2cc3ccc(OCCCC4CCCCC4)cc3o2)oc(=O)c(C)c1O. The van der Waals surface area contributed by atoms with Gasteiger partial charge in [0.1, 0.15) is 17.1 Å². The Morgan fingerprint density at radius 2 is 1.86 bits per heavy atom. The largest absolute Gasteiger partial charge is 0.507 e. The zero-order valence-corrected chi connectivity index (χ0v) is 17.1. The van der Waals surface area contributed by atoms with E-state index in [-0.39, 0.29) is 17.1 Å². The molecule has 0 spiro atoms. The molecule has 0 atom stereocenters. The highest BCUT2D eigenvalue weighted by molar-refractivity contribution is 5.83. The fourth-order valence-corrected chi connectivity index (χ4v) is 4.22. The third kappa shape index (κ3) is 4.19. The molecule has 2 aromatic heterocycles. The van der Waals surface area contributed by atoms with Crippen LogP contribution in [0, 0.1) is 19.8 Å². The van der Waals surface area contributed by atoms with Gasteiger partial charge in [-0.2, -0.15) is 0 Å². The Bertz CT molecular complexity index is 1050. The minimum atomic E-state index is -0.564. The Morgan fingerprint density at radius 3 is 2.66 bits per heavy atom. The van der Waals surface area contributed by atoms with Gasteiger partial charge in [-0.3, -0.25) is 0 Å². The van der Waals surface area contributed by atoms with E-state index in [2.05, 4.69) is 0 Å². The minimum absolute atomic E-state index is 0.0568. The van der Waals surface area contributed by atoms with Crippen molar-refractivity contribution in [3.05, 3.63) is 45.8 Å². The summed E-state index contributed by atoms with van der Waals surface area (Å²) in [4.78, 5) is 11.9. The van der Waals surface area contributed by atoms with Crippen molar-refractivity contribution >= 4 is 11.0 Å². The Kier molecular flexibility index (Phi) is 5.65. The highest BCUT2D eigenvalue weighted by Gasteiger charge is 2.18. The second-order valence-corrected chi connectivity index (χ2v) is 8.12. The summed E-state index contributed by atoms with van der Waals surface area (Å²) in [5.74, 6) is 2.25. The van der Waals surface area contributed by atoms with E-state index in [0.29, 0.717) is 23.5 Å². The van der Waals surface area contributed by atoms with Gasteiger partial charge in [-0.25, -0.2) is 4.79 Å². The lowest BCUT2D eigenvalue weighted by molar-refractivity contribution is 0.269. The quantitative estimate of drug-likeness (QED) is 0.509. The fourth-order valence-electron chi connectivity index (χ4n) is 4.22. The van der Waals surface area contributed by atoms with Gasteiger partial charge in [0, 0.05) is 17.0 Å². The van der Waals surface area contributed by atoms with Crippen molar-refractivity contribution in [1.29, 1.82) is 0 Å². The molecule has 1 saturated carbocycles. The molecule has 0 radical (unpaired) electrons. The fraction of sp³-hybridized carbons (Fsp3) is 0.458. The molecule has 0 amide bonds. The van der Waals surface area contributed by atoms with Crippen LogP contribution in [0.15, 0.2) is 37.9 Å². The zero-order chi connectivity index (χ0) is 20.4. The molecule has 29 heavy (non-hydrogen) atoms. The predicted octanol–water partition coefficient (Wildman–Crippen LogP) is 6.11. The van der Waals surface area contributed by atoms with E-state index in [1.165, 1.54) is 45.4 Å². The second kappa shape index (κ2) is 8.36. The first kappa shape index (κ1) is 19.6. The summed E-state index contributed by atoms with van der Waals surface area (Å²) >= 11 is 0. The van der Waals surface area contributed by atoms with E-state index >= 15 is 0 Å².